The Morgan fingerprint density at radius 3 is 3.00 bits per heavy atom. The topological polar surface area (TPSA) is 39.9 Å². The molecule has 0 fully saturated rings. The molecule has 0 bridgehead atoms. The quantitative estimate of drug-likeness (QED) is 0.834. The van der Waals surface area contributed by atoms with Crippen molar-refractivity contribution in [3.8, 4) is 5.75 Å². The lowest BCUT2D eigenvalue weighted by Gasteiger charge is -2.06. The number of fused-ring (bicyclic) bond motifs is 1. The zero-order valence-electron chi connectivity index (χ0n) is 9.54. The summed E-state index contributed by atoms with van der Waals surface area (Å²) in [6, 6.07) is 9.78. The molecule has 5 heteroatoms. The molecular formula is C12H13N3OS. The standard InChI is InChI=1S/C12H13N3OS/c1-9-7-15-11(13-14-12(15)17-9)8-16-10-5-3-2-4-6-10/h2-6,9H,7-8H2,1H3/t9-/m0/s1. The molecule has 1 aliphatic heterocycles. The largest absolute Gasteiger partial charge is 0.486 e. The normalized spacial score (nSPS) is 18.1. The first kappa shape index (κ1) is 10.7. The highest BCUT2D eigenvalue weighted by Crippen LogP contribution is 2.30. The Kier molecular flexibility index (Phi) is 2.76. The molecule has 1 aliphatic rings. The van der Waals surface area contributed by atoms with Gasteiger partial charge in [-0.2, -0.15) is 0 Å². The number of thioether (sulfide) groups is 1. The highest BCUT2D eigenvalue weighted by molar-refractivity contribution is 7.99. The van der Waals surface area contributed by atoms with E-state index in [1.807, 2.05) is 30.3 Å². The summed E-state index contributed by atoms with van der Waals surface area (Å²) in [4.78, 5) is 0. The Hall–Kier alpha value is -1.49. The molecule has 0 aliphatic carbocycles. The minimum Gasteiger partial charge on any atom is -0.486 e. The first-order valence-electron chi connectivity index (χ1n) is 5.59. The summed E-state index contributed by atoms with van der Waals surface area (Å²) < 4.78 is 7.82. The molecular weight excluding hydrogens is 234 g/mol. The molecule has 0 radical (unpaired) electrons. The molecule has 0 saturated heterocycles. The first-order chi connectivity index (χ1) is 8.33. The number of benzene rings is 1. The van der Waals surface area contributed by atoms with Crippen molar-refractivity contribution in [2.75, 3.05) is 0 Å². The molecule has 2 heterocycles. The van der Waals surface area contributed by atoms with Crippen LogP contribution >= 0.6 is 11.8 Å². The van der Waals surface area contributed by atoms with Crippen molar-refractivity contribution in [1.82, 2.24) is 14.8 Å². The molecule has 1 aromatic carbocycles. The Morgan fingerprint density at radius 2 is 2.18 bits per heavy atom. The lowest BCUT2D eigenvalue weighted by Crippen LogP contribution is -2.08. The summed E-state index contributed by atoms with van der Waals surface area (Å²) in [5.41, 5.74) is 0. The Labute approximate surface area is 104 Å². The fourth-order valence-corrected chi connectivity index (χ4v) is 2.81. The van der Waals surface area contributed by atoms with Crippen LogP contribution in [0.5, 0.6) is 5.75 Å². The Morgan fingerprint density at radius 1 is 1.35 bits per heavy atom. The van der Waals surface area contributed by atoms with Gasteiger partial charge in [-0.1, -0.05) is 36.9 Å². The van der Waals surface area contributed by atoms with Gasteiger partial charge in [-0.25, -0.2) is 0 Å². The molecule has 4 nitrogen and oxygen atoms in total. The minimum absolute atomic E-state index is 0.476. The van der Waals surface area contributed by atoms with Gasteiger partial charge in [0.1, 0.15) is 12.4 Å². The average molecular weight is 247 g/mol. The van der Waals surface area contributed by atoms with Gasteiger partial charge in [-0.3, -0.25) is 0 Å². The fourth-order valence-electron chi connectivity index (χ4n) is 1.84. The molecule has 17 heavy (non-hydrogen) atoms. The number of hydrogen-bond donors (Lipinski definition) is 0. The van der Waals surface area contributed by atoms with E-state index in [2.05, 4.69) is 21.7 Å². The maximum absolute atomic E-state index is 5.68. The van der Waals surface area contributed by atoms with Crippen LogP contribution in [0.3, 0.4) is 0 Å². The summed E-state index contributed by atoms with van der Waals surface area (Å²) in [6.45, 7) is 3.64. The van der Waals surface area contributed by atoms with Crippen molar-refractivity contribution in [1.29, 1.82) is 0 Å². The molecule has 1 aromatic heterocycles. The summed E-state index contributed by atoms with van der Waals surface area (Å²) >= 11 is 1.77. The highest BCUT2D eigenvalue weighted by atomic mass is 32.2. The summed E-state index contributed by atoms with van der Waals surface area (Å²) in [5.74, 6) is 1.77. The van der Waals surface area contributed by atoms with Crippen molar-refractivity contribution in [2.45, 2.75) is 30.5 Å². The van der Waals surface area contributed by atoms with E-state index in [4.69, 9.17) is 4.74 Å². The third-order valence-corrected chi connectivity index (χ3v) is 3.72. The van der Waals surface area contributed by atoms with E-state index in [1.165, 1.54) is 0 Å². The second kappa shape index (κ2) is 4.41. The molecule has 0 saturated carbocycles. The van der Waals surface area contributed by atoms with E-state index in [9.17, 15) is 0 Å². The zero-order chi connectivity index (χ0) is 11.7. The SMILES string of the molecule is C[C@H]1Cn2c(COc3ccccc3)nnc2S1. The summed E-state index contributed by atoms with van der Waals surface area (Å²) in [7, 11) is 0. The van der Waals surface area contributed by atoms with E-state index in [0.717, 1.165) is 23.3 Å². The van der Waals surface area contributed by atoms with E-state index < -0.39 is 0 Å². The van der Waals surface area contributed by atoms with Gasteiger partial charge in [-0.05, 0) is 12.1 Å². The summed E-state index contributed by atoms with van der Waals surface area (Å²) in [6.07, 6.45) is 0. The number of rotatable bonds is 3. The monoisotopic (exact) mass is 247 g/mol. The number of ether oxygens (including phenoxy) is 1. The van der Waals surface area contributed by atoms with Crippen LogP contribution in [0.15, 0.2) is 35.5 Å². The maximum atomic E-state index is 5.68. The van der Waals surface area contributed by atoms with Gasteiger partial charge in [0.2, 0.25) is 0 Å². The molecule has 3 rings (SSSR count). The van der Waals surface area contributed by atoms with E-state index in [0.29, 0.717) is 11.9 Å². The molecule has 0 N–H and O–H groups in total. The smallest absolute Gasteiger partial charge is 0.191 e. The summed E-state index contributed by atoms with van der Waals surface area (Å²) in [5, 5.41) is 9.89. The van der Waals surface area contributed by atoms with Crippen molar-refractivity contribution < 1.29 is 4.74 Å². The first-order valence-corrected chi connectivity index (χ1v) is 6.47. The van der Waals surface area contributed by atoms with Gasteiger partial charge in [0.05, 0.1) is 0 Å². The average Bonchev–Trinajstić information content (AvgIpc) is 2.87. The van der Waals surface area contributed by atoms with Crippen molar-refractivity contribution in [3.63, 3.8) is 0 Å². The Balaban J connectivity index is 1.71. The molecule has 1 atom stereocenters. The van der Waals surface area contributed by atoms with Gasteiger partial charge in [0.15, 0.2) is 11.0 Å². The van der Waals surface area contributed by atoms with E-state index >= 15 is 0 Å². The molecule has 0 spiro atoms. The lowest BCUT2D eigenvalue weighted by molar-refractivity contribution is 0.288. The molecule has 0 amide bonds. The van der Waals surface area contributed by atoms with Crippen LogP contribution in [-0.4, -0.2) is 20.0 Å². The van der Waals surface area contributed by atoms with Crippen LogP contribution in [0.2, 0.25) is 0 Å². The Bertz CT molecular complexity index is 512. The molecule has 88 valence electrons. The lowest BCUT2D eigenvalue weighted by atomic mass is 10.3. The van der Waals surface area contributed by atoms with Crippen molar-refractivity contribution >= 4 is 11.8 Å². The number of para-hydroxylation sites is 1. The van der Waals surface area contributed by atoms with Crippen LogP contribution in [0.1, 0.15) is 12.7 Å². The van der Waals surface area contributed by atoms with Crippen LogP contribution in [-0.2, 0) is 13.2 Å². The van der Waals surface area contributed by atoms with Crippen LogP contribution in [0, 0.1) is 0 Å². The molecule has 0 unspecified atom stereocenters. The fraction of sp³-hybridized carbons (Fsp3) is 0.333. The van der Waals surface area contributed by atoms with Crippen LogP contribution in [0.4, 0.5) is 0 Å². The predicted molar refractivity (Wildman–Crippen MR) is 66.1 cm³/mol. The van der Waals surface area contributed by atoms with Gasteiger partial charge in [-0.15, -0.1) is 10.2 Å². The maximum Gasteiger partial charge on any atom is 0.191 e. The minimum atomic E-state index is 0.476. The second-order valence-corrected chi connectivity index (χ2v) is 5.45. The third-order valence-electron chi connectivity index (χ3n) is 2.65. The highest BCUT2D eigenvalue weighted by Gasteiger charge is 2.23. The van der Waals surface area contributed by atoms with Gasteiger partial charge >= 0.3 is 0 Å². The zero-order valence-corrected chi connectivity index (χ0v) is 10.4. The van der Waals surface area contributed by atoms with Crippen LogP contribution < -0.4 is 4.74 Å². The number of nitrogens with zero attached hydrogens (tertiary/aromatic N) is 3. The number of aromatic nitrogens is 3. The van der Waals surface area contributed by atoms with E-state index in [-0.39, 0.29) is 0 Å². The van der Waals surface area contributed by atoms with Gasteiger partial charge < -0.3 is 9.30 Å². The predicted octanol–water partition coefficient (Wildman–Crippen LogP) is 2.35. The number of hydrogen-bond acceptors (Lipinski definition) is 4. The van der Waals surface area contributed by atoms with E-state index in [1.54, 1.807) is 11.8 Å². The molecule has 2 aromatic rings. The van der Waals surface area contributed by atoms with Gasteiger partial charge in [0, 0.05) is 11.8 Å². The third kappa shape index (κ3) is 2.15. The van der Waals surface area contributed by atoms with Gasteiger partial charge in [0.25, 0.3) is 0 Å². The second-order valence-electron chi connectivity index (χ2n) is 4.04. The van der Waals surface area contributed by atoms with Crippen molar-refractivity contribution in [2.24, 2.45) is 0 Å². The van der Waals surface area contributed by atoms with Crippen molar-refractivity contribution in [3.05, 3.63) is 36.2 Å². The van der Waals surface area contributed by atoms with Crippen LogP contribution in [0.25, 0.3) is 0 Å².